The Bertz CT molecular complexity index is 451. The largest absolute Gasteiger partial charge is 0.371 e. The van der Waals surface area contributed by atoms with Gasteiger partial charge in [0.25, 0.3) is 0 Å². The van der Waals surface area contributed by atoms with Crippen molar-refractivity contribution < 1.29 is 4.39 Å². The fourth-order valence-electron chi connectivity index (χ4n) is 3.18. The van der Waals surface area contributed by atoms with Crippen LogP contribution in [0.5, 0.6) is 0 Å². The van der Waals surface area contributed by atoms with Crippen molar-refractivity contribution >= 4 is 5.69 Å². The van der Waals surface area contributed by atoms with E-state index < -0.39 is 0 Å². The molecule has 21 heavy (non-hydrogen) atoms. The van der Waals surface area contributed by atoms with E-state index in [-0.39, 0.29) is 5.82 Å². The second-order valence-electron chi connectivity index (χ2n) is 6.83. The maximum Gasteiger partial charge on any atom is 0.123 e. The predicted molar refractivity (Wildman–Crippen MR) is 88.2 cm³/mol. The maximum atomic E-state index is 13.6. The zero-order valence-corrected chi connectivity index (χ0v) is 13.8. The van der Waals surface area contributed by atoms with Crippen molar-refractivity contribution in [1.29, 1.82) is 0 Å². The molecule has 1 aromatic carbocycles. The van der Waals surface area contributed by atoms with Crippen molar-refractivity contribution in [3.63, 3.8) is 0 Å². The quantitative estimate of drug-likeness (QED) is 0.868. The highest BCUT2D eigenvalue weighted by molar-refractivity contribution is 5.54. The molecule has 0 aromatic heterocycles. The number of nitrogens with zero attached hydrogens (tertiary/aromatic N) is 1. The molecule has 0 aliphatic heterocycles. The Morgan fingerprint density at radius 1 is 1.24 bits per heavy atom. The average Bonchev–Trinajstić information content (AvgIpc) is 2.45. The molecular formula is C18H29FN2. The smallest absolute Gasteiger partial charge is 0.123 e. The first-order valence-corrected chi connectivity index (χ1v) is 8.22. The van der Waals surface area contributed by atoms with E-state index in [4.69, 9.17) is 0 Å². The lowest BCUT2D eigenvalue weighted by Gasteiger charge is -2.36. The van der Waals surface area contributed by atoms with Gasteiger partial charge in [0.1, 0.15) is 5.82 Å². The number of nitrogens with one attached hydrogen (secondary N) is 1. The van der Waals surface area contributed by atoms with Gasteiger partial charge in [-0.25, -0.2) is 4.39 Å². The standard InChI is InChI=1S/C18H29FN2/c1-13(2)20-12-15-11-16(19)7-10-18(15)21(4)17-8-5-14(3)6-9-17/h7,10-11,13-14,17,20H,5-6,8-9,12H2,1-4H3. The summed E-state index contributed by atoms with van der Waals surface area (Å²) in [6.45, 7) is 7.29. The summed E-state index contributed by atoms with van der Waals surface area (Å²) in [4.78, 5) is 2.36. The molecule has 0 saturated heterocycles. The summed E-state index contributed by atoms with van der Waals surface area (Å²) in [5.74, 6) is 0.704. The van der Waals surface area contributed by atoms with Gasteiger partial charge in [0, 0.05) is 31.4 Å². The zero-order chi connectivity index (χ0) is 15.4. The van der Waals surface area contributed by atoms with E-state index in [1.54, 1.807) is 12.1 Å². The topological polar surface area (TPSA) is 15.3 Å². The molecule has 1 N–H and O–H groups in total. The molecule has 0 heterocycles. The van der Waals surface area contributed by atoms with Crippen LogP contribution in [0.25, 0.3) is 0 Å². The second kappa shape index (κ2) is 7.26. The normalized spacial score (nSPS) is 22.6. The number of anilines is 1. The van der Waals surface area contributed by atoms with Gasteiger partial charge < -0.3 is 10.2 Å². The number of halogens is 1. The van der Waals surface area contributed by atoms with Crippen LogP contribution >= 0.6 is 0 Å². The highest BCUT2D eigenvalue weighted by atomic mass is 19.1. The molecular weight excluding hydrogens is 263 g/mol. The Kier molecular flexibility index (Phi) is 5.63. The number of hydrogen-bond acceptors (Lipinski definition) is 2. The van der Waals surface area contributed by atoms with Crippen LogP contribution in [0.2, 0.25) is 0 Å². The minimum absolute atomic E-state index is 0.148. The van der Waals surface area contributed by atoms with E-state index >= 15 is 0 Å². The summed E-state index contributed by atoms with van der Waals surface area (Å²) >= 11 is 0. The Morgan fingerprint density at radius 3 is 2.52 bits per heavy atom. The van der Waals surface area contributed by atoms with Crippen molar-refractivity contribution in [2.45, 2.75) is 65.1 Å². The van der Waals surface area contributed by atoms with E-state index in [2.05, 4.69) is 38.0 Å². The number of rotatable bonds is 5. The summed E-state index contributed by atoms with van der Waals surface area (Å²) < 4.78 is 13.6. The summed E-state index contributed by atoms with van der Waals surface area (Å²) in [6, 6.07) is 6.18. The summed E-state index contributed by atoms with van der Waals surface area (Å²) in [6.07, 6.45) is 5.09. The number of benzene rings is 1. The molecule has 1 aliphatic carbocycles. The molecule has 1 saturated carbocycles. The maximum absolute atomic E-state index is 13.6. The van der Waals surface area contributed by atoms with E-state index in [1.807, 2.05) is 6.07 Å². The molecule has 118 valence electrons. The summed E-state index contributed by atoms with van der Waals surface area (Å²) in [5.41, 5.74) is 2.23. The van der Waals surface area contributed by atoms with E-state index in [1.165, 1.54) is 31.4 Å². The van der Waals surface area contributed by atoms with E-state index in [9.17, 15) is 4.39 Å². The zero-order valence-electron chi connectivity index (χ0n) is 13.8. The van der Waals surface area contributed by atoms with Crippen LogP contribution in [0.4, 0.5) is 10.1 Å². The van der Waals surface area contributed by atoms with Gasteiger partial charge in [0.15, 0.2) is 0 Å². The molecule has 3 heteroatoms. The molecule has 0 atom stereocenters. The first kappa shape index (κ1) is 16.3. The molecule has 1 aromatic rings. The summed E-state index contributed by atoms with van der Waals surface area (Å²) in [7, 11) is 2.16. The van der Waals surface area contributed by atoms with E-state index in [0.717, 1.165) is 18.0 Å². The average molecular weight is 292 g/mol. The predicted octanol–water partition coefficient (Wildman–Crippen LogP) is 4.34. The van der Waals surface area contributed by atoms with Crippen molar-refractivity contribution in [1.82, 2.24) is 5.32 Å². The third kappa shape index (κ3) is 4.44. The van der Waals surface area contributed by atoms with Crippen molar-refractivity contribution in [2.24, 2.45) is 5.92 Å². The monoisotopic (exact) mass is 292 g/mol. The van der Waals surface area contributed by atoms with Crippen LogP contribution < -0.4 is 10.2 Å². The fourth-order valence-corrected chi connectivity index (χ4v) is 3.18. The van der Waals surface area contributed by atoms with Crippen molar-refractivity contribution in [3.8, 4) is 0 Å². The van der Waals surface area contributed by atoms with Gasteiger partial charge in [0.05, 0.1) is 0 Å². The van der Waals surface area contributed by atoms with Gasteiger partial charge in [-0.3, -0.25) is 0 Å². The molecule has 0 spiro atoms. The third-order valence-electron chi connectivity index (χ3n) is 4.66. The van der Waals surface area contributed by atoms with Gasteiger partial charge in [-0.15, -0.1) is 0 Å². The van der Waals surface area contributed by atoms with Gasteiger partial charge in [-0.05, 0) is 55.4 Å². The van der Waals surface area contributed by atoms with Crippen LogP contribution in [0.1, 0.15) is 52.0 Å². The van der Waals surface area contributed by atoms with Crippen LogP contribution in [0.3, 0.4) is 0 Å². The van der Waals surface area contributed by atoms with E-state index in [0.29, 0.717) is 12.1 Å². The Morgan fingerprint density at radius 2 is 1.90 bits per heavy atom. The second-order valence-corrected chi connectivity index (χ2v) is 6.83. The van der Waals surface area contributed by atoms with Crippen LogP contribution in [0.15, 0.2) is 18.2 Å². The summed E-state index contributed by atoms with van der Waals surface area (Å²) in [5, 5.41) is 3.40. The lowest BCUT2D eigenvalue weighted by molar-refractivity contribution is 0.340. The Balaban J connectivity index is 2.13. The molecule has 1 aliphatic rings. The molecule has 0 amide bonds. The highest BCUT2D eigenvalue weighted by Crippen LogP contribution is 2.31. The van der Waals surface area contributed by atoms with Crippen LogP contribution in [-0.2, 0) is 6.54 Å². The van der Waals surface area contributed by atoms with Crippen molar-refractivity contribution in [2.75, 3.05) is 11.9 Å². The SMILES string of the molecule is CC1CCC(N(C)c2ccc(F)cc2CNC(C)C)CC1. The minimum atomic E-state index is -0.148. The lowest BCUT2D eigenvalue weighted by atomic mass is 9.86. The molecule has 2 rings (SSSR count). The third-order valence-corrected chi connectivity index (χ3v) is 4.66. The van der Waals surface area contributed by atoms with Gasteiger partial charge in [-0.1, -0.05) is 20.8 Å². The number of hydrogen-bond donors (Lipinski definition) is 1. The minimum Gasteiger partial charge on any atom is -0.371 e. The van der Waals surface area contributed by atoms with Gasteiger partial charge >= 0.3 is 0 Å². The van der Waals surface area contributed by atoms with Crippen LogP contribution in [0, 0.1) is 11.7 Å². The Hall–Kier alpha value is -1.09. The molecule has 0 bridgehead atoms. The molecule has 2 nitrogen and oxygen atoms in total. The molecule has 1 fully saturated rings. The highest BCUT2D eigenvalue weighted by Gasteiger charge is 2.23. The van der Waals surface area contributed by atoms with Gasteiger partial charge in [0.2, 0.25) is 0 Å². The lowest BCUT2D eigenvalue weighted by Crippen LogP contribution is -2.36. The Labute approximate surface area is 128 Å². The molecule has 0 radical (unpaired) electrons. The van der Waals surface area contributed by atoms with Crippen molar-refractivity contribution in [3.05, 3.63) is 29.6 Å². The molecule has 0 unspecified atom stereocenters. The first-order chi connectivity index (χ1) is 9.97. The van der Waals surface area contributed by atoms with Crippen LogP contribution in [-0.4, -0.2) is 19.1 Å². The first-order valence-electron chi connectivity index (χ1n) is 8.22. The van der Waals surface area contributed by atoms with Gasteiger partial charge in [-0.2, -0.15) is 0 Å². The fraction of sp³-hybridized carbons (Fsp3) is 0.667.